The van der Waals surface area contributed by atoms with E-state index in [1.807, 2.05) is 36.4 Å². The van der Waals surface area contributed by atoms with Gasteiger partial charge in [0.15, 0.2) is 0 Å². The number of fused-ring (bicyclic) bond motifs is 3. The maximum atomic E-state index is 12.1. The van der Waals surface area contributed by atoms with Crippen molar-refractivity contribution in [3.8, 4) is 11.1 Å². The van der Waals surface area contributed by atoms with Crippen LogP contribution in [0.3, 0.4) is 0 Å². The second kappa shape index (κ2) is 7.49. The fourth-order valence-corrected chi connectivity index (χ4v) is 3.39. The maximum absolute atomic E-state index is 12.1. The summed E-state index contributed by atoms with van der Waals surface area (Å²) in [5.41, 5.74) is 9.99. The van der Waals surface area contributed by atoms with Crippen molar-refractivity contribution in [2.24, 2.45) is 11.7 Å². The zero-order chi connectivity index (χ0) is 17.8. The van der Waals surface area contributed by atoms with Gasteiger partial charge < -0.3 is 15.6 Å². The first kappa shape index (κ1) is 17.2. The molecule has 0 saturated heterocycles. The molecule has 25 heavy (non-hydrogen) atoms. The molecule has 2 aromatic rings. The van der Waals surface area contributed by atoms with Crippen LogP contribution in [0, 0.1) is 5.92 Å². The molecule has 0 spiro atoms. The van der Waals surface area contributed by atoms with E-state index < -0.39 is 17.9 Å². The van der Waals surface area contributed by atoms with Crippen LogP contribution in [0.5, 0.6) is 0 Å². The Hall–Kier alpha value is -2.66. The van der Waals surface area contributed by atoms with E-state index in [-0.39, 0.29) is 31.9 Å². The number of carbonyl (C=O) groups excluding carboxylic acids is 1. The summed E-state index contributed by atoms with van der Waals surface area (Å²) in [6, 6.07) is 16.2. The molecular weight excluding hydrogens is 318 g/mol. The van der Waals surface area contributed by atoms with E-state index in [0.29, 0.717) is 0 Å². The number of rotatable bonds is 7. The smallest absolute Gasteiger partial charge is 0.307 e. The monoisotopic (exact) mass is 339 g/mol. The van der Waals surface area contributed by atoms with Gasteiger partial charge in [-0.2, -0.15) is 0 Å². The molecule has 0 fully saturated rings. The van der Waals surface area contributed by atoms with Crippen molar-refractivity contribution in [2.75, 3.05) is 13.2 Å². The predicted molar refractivity (Wildman–Crippen MR) is 94.1 cm³/mol. The summed E-state index contributed by atoms with van der Waals surface area (Å²) in [5, 5.41) is 9.13. The Morgan fingerprint density at radius 1 is 1.04 bits per heavy atom. The normalized spacial score (nSPS) is 13.8. The highest BCUT2D eigenvalue weighted by molar-refractivity contribution is 5.80. The quantitative estimate of drug-likeness (QED) is 0.757. The fourth-order valence-electron chi connectivity index (χ4n) is 3.39. The number of carboxylic acids is 1. The molecule has 0 radical (unpaired) electrons. The third-order valence-corrected chi connectivity index (χ3v) is 4.65. The number of ether oxygens (including phenoxy) is 1. The van der Waals surface area contributed by atoms with Gasteiger partial charge in [-0.05, 0) is 35.2 Å². The van der Waals surface area contributed by atoms with Crippen LogP contribution >= 0.6 is 0 Å². The molecule has 0 bridgehead atoms. The largest absolute Gasteiger partial charge is 0.481 e. The fraction of sp³-hybridized carbons (Fsp3) is 0.300. The van der Waals surface area contributed by atoms with Gasteiger partial charge in [-0.25, -0.2) is 0 Å². The van der Waals surface area contributed by atoms with Crippen molar-refractivity contribution in [3.05, 3.63) is 59.7 Å². The highest BCUT2D eigenvalue weighted by atomic mass is 16.5. The molecule has 3 N–H and O–H groups in total. The molecule has 3 rings (SSSR count). The molecule has 5 nitrogen and oxygen atoms in total. The van der Waals surface area contributed by atoms with Crippen LogP contribution in [-0.2, 0) is 14.3 Å². The molecule has 1 aliphatic carbocycles. The van der Waals surface area contributed by atoms with Crippen LogP contribution in [0.15, 0.2) is 48.5 Å². The predicted octanol–water partition coefficient (Wildman–Crippen LogP) is 2.78. The number of carbonyl (C=O) groups is 2. The van der Waals surface area contributed by atoms with Gasteiger partial charge >= 0.3 is 11.9 Å². The van der Waals surface area contributed by atoms with Crippen molar-refractivity contribution in [1.82, 2.24) is 0 Å². The van der Waals surface area contributed by atoms with Crippen molar-refractivity contribution in [3.63, 3.8) is 0 Å². The zero-order valence-electron chi connectivity index (χ0n) is 13.9. The lowest BCUT2D eigenvalue weighted by atomic mass is 9.98. The van der Waals surface area contributed by atoms with E-state index in [1.54, 1.807) is 0 Å². The Kier molecular flexibility index (Phi) is 5.14. The lowest BCUT2D eigenvalue weighted by Crippen LogP contribution is -2.23. The molecule has 0 aromatic heterocycles. The first-order valence-electron chi connectivity index (χ1n) is 8.38. The van der Waals surface area contributed by atoms with Gasteiger partial charge in [-0.1, -0.05) is 48.5 Å². The van der Waals surface area contributed by atoms with Crippen LogP contribution in [0.1, 0.15) is 29.9 Å². The second-order valence-corrected chi connectivity index (χ2v) is 6.23. The van der Waals surface area contributed by atoms with E-state index in [1.165, 1.54) is 0 Å². The van der Waals surface area contributed by atoms with E-state index in [0.717, 1.165) is 22.3 Å². The van der Waals surface area contributed by atoms with Gasteiger partial charge in [0.25, 0.3) is 0 Å². The molecule has 5 heteroatoms. The minimum absolute atomic E-state index is 0.0193. The molecular formula is C20H21NO4. The topological polar surface area (TPSA) is 89.6 Å². The first-order valence-corrected chi connectivity index (χ1v) is 8.38. The van der Waals surface area contributed by atoms with Gasteiger partial charge in [0.2, 0.25) is 0 Å². The number of benzene rings is 2. The van der Waals surface area contributed by atoms with Gasteiger partial charge in [0.1, 0.15) is 6.61 Å². The summed E-state index contributed by atoms with van der Waals surface area (Å²) < 4.78 is 5.42. The van der Waals surface area contributed by atoms with E-state index in [9.17, 15) is 9.59 Å². The average Bonchev–Trinajstić information content (AvgIpc) is 2.93. The van der Waals surface area contributed by atoms with Crippen molar-refractivity contribution in [2.45, 2.75) is 18.8 Å². The Balaban J connectivity index is 1.71. The number of nitrogens with two attached hydrogens (primary N) is 1. The Labute approximate surface area is 146 Å². The highest BCUT2D eigenvalue weighted by Gasteiger charge is 2.29. The Bertz CT molecular complexity index is 741. The molecule has 0 saturated carbocycles. The van der Waals surface area contributed by atoms with Crippen molar-refractivity contribution < 1.29 is 19.4 Å². The molecule has 130 valence electrons. The summed E-state index contributed by atoms with van der Waals surface area (Å²) in [4.78, 5) is 23.2. The zero-order valence-corrected chi connectivity index (χ0v) is 13.9. The number of hydrogen-bond acceptors (Lipinski definition) is 4. The summed E-state index contributed by atoms with van der Waals surface area (Å²) in [5.74, 6) is -2.32. The highest BCUT2D eigenvalue weighted by Crippen LogP contribution is 2.44. The summed E-state index contributed by atoms with van der Waals surface area (Å²) >= 11 is 0. The van der Waals surface area contributed by atoms with E-state index >= 15 is 0 Å². The second-order valence-electron chi connectivity index (χ2n) is 6.23. The van der Waals surface area contributed by atoms with Crippen LogP contribution in [-0.4, -0.2) is 30.2 Å². The maximum Gasteiger partial charge on any atom is 0.307 e. The number of hydrogen-bond donors (Lipinski definition) is 2. The Morgan fingerprint density at radius 3 is 2.12 bits per heavy atom. The van der Waals surface area contributed by atoms with Gasteiger partial charge in [-0.3, -0.25) is 9.59 Å². The van der Waals surface area contributed by atoms with Gasteiger partial charge in [0.05, 0.1) is 12.3 Å². The molecule has 1 atom stereocenters. The molecule has 0 unspecified atom stereocenters. The Morgan fingerprint density at radius 2 is 1.60 bits per heavy atom. The summed E-state index contributed by atoms with van der Waals surface area (Å²) in [6.07, 6.45) is 0.113. The summed E-state index contributed by atoms with van der Waals surface area (Å²) in [6.45, 7) is 0.440. The molecule has 1 aliphatic rings. The molecule has 2 aromatic carbocycles. The standard InChI is InChI=1S/C20H21NO4/c21-10-9-13(20(23)24)11-19(22)25-12-18-16-7-3-1-5-14(16)15-6-2-4-8-17(15)18/h1-8,13,18H,9-12,21H2,(H,23,24)/t13-/m1/s1. The molecule has 0 amide bonds. The first-order chi connectivity index (χ1) is 12.1. The van der Waals surface area contributed by atoms with Gasteiger partial charge in [-0.15, -0.1) is 0 Å². The van der Waals surface area contributed by atoms with E-state index in [2.05, 4.69) is 12.1 Å². The molecule has 0 aliphatic heterocycles. The lowest BCUT2D eigenvalue weighted by molar-refractivity contribution is -0.151. The third kappa shape index (κ3) is 3.56. The number of carboxylic acid groups (broad SMARTS) is 1. The number of esters is 1. The SMILES string of the molecule is NCC[C@H](CC(=O)OCC1c2ccccc2-c2ccccc21)C(=O)O. The average molecular weight is 339 g/mol. The third-order valence-electron chi connectivity index (χ3n) is 4.65. The van der Waals surface area contributed by atoms with Gasteiger partial charge in [0, 0.05) is 5.92 Å². The van der Waals surface area contributed by atoms with E-state index in [4.69, 9.17) is 15.6 Å². The number of aliphatic carboxylic acids is 1. The van der Waals surface area contributed by atoms with Crippen LogP contribution in [0.4, 0.5) is 0 Å². The van der Waals surface area contributed by atoms with Crippen LogP contribution in [0.2, 0.25) is 0 Å². The minimum Gasteiger partial charge on any atom is -0.481 e. The van der Waals surface area contributed by atoms with Crippen LogP contribution in [0.25, 0.3) is 11.1 Å². The minimum atomic E-state index is -1.01. The molecule has 0 heterocycles. The van der Waals surface area contributed by atoms with Crippen molar-refractivity contribution in [1.29, 1.82) is 0 Å². The van der Waals surface area contributed by atoms with Crippen molar-refractivity contribution >= 4 is 11.9 Å². The summed E-state index contributed by atoms with van der Waals surface area (Å²) in [7, 11) is 0. The lowest BCUT2D eigenvalue weighted by Gasteiger charge is -2.15. The van der Waals surface area contributed by atoms with Crippen LogP contribution < -0.4 is 5.73 Å².